The molecule has 136 valence electrons. The van der Waals surface area contributed by atoms with Gasteiger partial charge in [0.05, 0.1) is 17.5 Å². The smallest absolute Gasteiger partial charge is 0.234 e. The number of carbonyl (C=O) groups is 2. The molecule has 2 aromatic carbocycles. The molecule has 0 saturated heterocycles. The number of hydrogen-bond acceptors (Lipinski definition) is 3. The number of hydrogen-bond donors (Lipinski definition) is 2. The highest BCUT2D eigenvalue weighted by molar-refractivity contribution is 8.00. The summed E-state index contributed by atoms with van der Waals surface area (Å²) in [6.07, 6.45) is 3.14. The van der Waals surface area contributed by atoms with Crippen molar-refractivity contribution in [2.75, 3.05) is 16.8 Å². The fraction of sp³-hybridized carbons (Fsp3) is 0.333. The lowest BCUT2D eigenvalue weighted by atomic mass is 9.88. The molecule has 1 atom stereocenters. The number of nitrogens with one attached hydrogen (secondary N) is 2. The maximum atomic E-state index is 12.2. The van der Waals surface area contributed by atoms with Gasteiger partial charge in [0.2, 0.25) is 11.8 Å². The van der Waals surface area contributed by atoms with Crippen LogP contribution in [0.1, 0.15) is 35.6 Å². The molecule has 0 unspecified atom stereocenters. The Morgan fingerprint density at radius 1 is 1.08 bits per heavy atom. The molecule has 1 aliphatic rings. The standard InChI is InChI=1S/C21H24N2O2S/c1-15-6-4-9-17(12-15)22-20(24)13-26-14-21(25)23-19-11-5-8-16-7-2-3-10-18(16)19/h2-4,6-7,9-10,12,19H,5,8,11,13-14H2,1H3,(H,22,24)(H,23,25)/t19-/m0/s1. The number of benzene rings is 2. The Kier molecular flexibility index (Phi) is 6.34. The summed E-state index contributed by atoms with van der Waals surface area (Å²) in [5.41, 5.74) is 4.45. The Hall–Kier alpha value is -2.27. The minimum absolute atomic E-state index is 0.0138. The predicted octanol–water partition coefficient (Wildman–Crippen LogP) is 3.86. The molecule has 4 nitrogen and oxygen atoms in total. The summed E-state index contributed by atoms with van der Waals surface area (Å²) < 4.78 is 0. The normalized spacial score (nSPS) is 15.8. The van der Waals surface area contributed by atoms with Crippen LogP contribution >= 0.6 is 11.8 Å². The van der Waals surface area contributed by atoms with E-state index in [0.717, 1.165) is 30.5 Å². The van der Waals surface area contributed by atoms with E-state index in [1.807, 2.05) is 43.3 Å². The summed E-state index contributed by atoms with van der Waals surface area (Å²) in [6, 6.07) is 16.1. The Morgan fingerprint density at radius 3 is 2.73 bits per heavy atom. The number of rotatable bonds is 6. The van der Waals surface area contributed by atoms with Gasteiger partial charge < -0.3 is 10.6 Å². The number of anilines is 1. The second-order valence-corrected chi connectivity index (χ2v) is 7.61. The van der Waals surface area contributed by atoms with E-state index in [0.29, 0.717) is 5.75 Å². The van der Waals surface area contributed by atoms with Gasteiger partial charge in [0.15, 0.2) is 0 Å². The third-order valence-corrected chi connectivity index (χ3v) is 5.41. The number of carbonyl (C=O) groups excluding carboxylic acids is 2. The van der Waals surface area contributed by atoms with E-state index in [9.17, 15) is 9.59 Å². The van der Waals surface area contributed by atoms with Gasteiger partial charge in [-0.1, -0.05) is 36.4 Å². The van der Waals surface area contributed by atoms with Gasteiger partial charge in [-0.3, -0.25) is 9.59 Å². The molecule has 0 heterocycles. The molecule has 5 heteroatoms. The van der Waals surface area contributed by atoms with Crippen LogP contribution in [0.15, 0.2) is 48.5 Å². The molecule has 2 amide bonds. The lowest BCUT2D eigenvalue weighted by molar-refractivity contribution is -0.119. The van der Waals surface area contributed by atoms with Crippen LogP contribution in [-0.4, -0.2) is 23.3 Å². The monoisotopic (exact) mass is 368 g/mol. The van der Waals surface area contributed by atoms with E-state index in [1.54, 1.807) is 0 Å². The molecule has 2 N–H and O–H groups in total. The lowest BCUT2D eigenvalue weighted by Gasteiger charge is -2.26. The summed E-state index contributed by atoms with van der Waals surface area (Å²) in [4.78, 5) is 24.2. The van der Waals surface area contributed by atoms with Crippen molar-refractivity contribution >= 4 is 29.3 Å². The van der Waals surface area contributed by atoms with Crippen molar-refractivity contribution in [2.24, 2.45) is 0 Å². The highest BCUT2D eigenvalue weighted by Crippen LogP contribution is 2.29. The van der Waals surface area contributed by atoms with E-state index in [1.165, 1.54) is 22.9 Å². The van der Waals surface area contributed by atoms with Crippen molar-refractivity contribution in [3.63, 3.8) is 0 Å². The van der Waals surface area contributed by atoms with Crippen LogP contribution in [0.25, 0.3) is 0 Å². The molecule has 1 aliphatic carbocycles. The van der Waals surface area contributed by atoms with Crippen LogP contribution in [-0.2, 0) is 16.0 Å². The molecule has 0 aliphatic heterocycles. The minimum Gasteiger partial charge on any atom is -0.349 e. The molecule has 0 aromatic heterocycles. The average Bonchev–Trinajstić information content (AvgIpc) is 2.62. The van der Waals surface area contributed by atoms with Gasteiger partial charge in [-0.25, -0.2) is 0 Å². The van der Waals surface area contributed by atoms with Gasteiger partial charge in [-0.15, -0.1) is 11.8 Å². The Balaban J connectivity index is 1.43. The zero-order valence-corrected chi connectivity index (χ0v) is 15.8. The molecular formula is C21H24N2O2S. The minimum atomic E-state index is -0.0867. The number of thioether (sulfide) groups is 1. The fourth-order valence-corrected chi connectivity index (χ4v) is 3.92. The van der Waals surface area contributed by atoms with Crippen LogP contribution in [0, 0.1) is 6.92 Å². The summed E-state index contributed by atoms with van der Waals surface area (Å²) in [5, 5.41) is 5.97. The van der Waals surface area contributed by atoms with Gasteiger partial charge in [-0.05, 0) is 55.0 Å². The predicted molar refractivity (Wildman–Crippen MR) is 107 cm³/mol. The van der Waals surface area contributed by atoms with Crippen LogP contribution in [0.3, 0.4) is 0 Å². The third-order valence-electron chi connectivity index (χ3n) is 4.47. The Labute approximate surface area is 158 Å². The van der Waals surface area contributed by atoms with Crippen LogP contribution in [0.2, 0.25) is 0 Å². The summed E-state index contributed by atoms with van der Waals surface area (Å²) >= 11 is 1.34. The number of amides is 2. The van der Waals surface area contributed by atoms with Crippen molar-refractivity contribution in [1.29, 1.82) is 0 Å². The van der Waals surface area contributed by atoms with Crippen molar-refractivity contribution in [2.45, 2.75) is 32.2 Å². The SMILES string of the molecule is Cc1cccc(NC(=O)CSCC(=O)N[C@H]2CCCc3ccccc32)c1. The zero-order valence-electron chi connectivity index (χ0n) is 15.0. The van der Waals surface area contributed by atoms with Gasteiger partial charge in [0.25, 0.3) is 0 Å². The quantitative estimate of drug-likeness (QED) is 0.814. The maximum Gasteiger partial charge on any atom is 0.234 e. The first kappa shape index (κ1) is 18.5. The Morgan fingerprint density at radius 2 is 1.88 bits per heavy atom. The number of fused-ring (bicyclic) bond motifs is 1. The van der Waals surface area contributed by atoms with Crippen molar-refractivity contribution < 1.29 is 9.59 Å². The van der Waals surface area contributed by atoms with Crippen LogP contribution in [0.5, 0.6) is 0 Å². The molecule has 0 saturated carbocycles. The average molecular weight is 369 g/mol. The molecular weight excluding hydrogens is 344 g/mol. The molecule has 0 fully saturated rings. The van der Waals surface area contributed by atoms with Gasteiger partial charge in [0.1, 0.15) is 0 Å². The summed E-state index contributed by atoms with van der Waals surface area (Å²) in [6.45, 7) is 1.98. The first-order valence-electron chi connectivity index (χ1n) is 8.93. The maximum absolute atomic E-state index is 12.2. The summed E-state index contributed by atoms with van der Waals surface area (Å²) in [7, 11) is 0. The van der Waals surface area contributed by atoms with Gasteiger partial charge in [-0.2, -0.15) is 0 Å². The molecule has 0 bridgehead atoms. The summed E-state index contributed by atoms with van der Waals surface area (Å²) in [5.74, 6) is 0.458. The zero-order chi connectivity index (χ0) is 18.4. The first-order valence-corrected chi connectivity index (χ1v) is 10.1. The Bertz CT molecular complexity index is 791. The molecule has 2 aromatic rings. The largest absolute Gasteiger partial charge is 0.349 e. The van der Waals surface area contributed by atoms with E-state index in [2.05, 4.69) is 22.8 Å². The van der Waals surface area contributed by atoms with E-state index >= 15 is 0 Å². The van der Waals surface area contributed by atoms with Crippen LogP contribution < -0.4 is 10.6 Å². The third kappa shape index (κ3) is 5.11. The van der Waals surface area contributed by atoms with Crippen molar-refractivity contribution in [3.8, 4) is 0 Å². The van der Waals surface area contributed by atoms with E-state index in [4.69, 9.17) is 0 Å². The topological polar surface area (TPSA) is 58.2 Å². The van der Waals surface area contributed by atoms with E-state index < -0.39 is 0 Å². The molecule has 0 radical (unpaired) electrons. The highest BCUT2D eigenvalue weighted by Gasteiger charge is 2.21. The van der Waals surface area contributed by atoms with Gasteiger partial charge >= 0.3 is 0 Å². The van der Waals surface area contributed by atoms with E-state index in [-0.39, 0.29) is 23.6 Å². The molecule has 26 heavy (non-hydrogen) atoms. The molecule has 0 spiro atoms. The first-order chi connectivity index (χ1) is 12.6. The fourth-order valence-electron chi connectivity index (χ4n) is 3.30. The highest BCUT2D eigenvalue weighted by atomic mass is 32.2. The lowest BCUT2D eigenvalue weighted by Crippen LogP contribution is -2.32. The number of aryl methyl sites for hydroxylation is 2. The molecule has 3 rings (SSSR count). The van der Waals surface area contributed by atoms with Crippen molar-refractivity contribution in [3.05, 3.63) is 65.2 Å². The van der Waals surface area contributed by atoms with Gasteiger partial charge in [0, 0.05) is 5.69 Å². The second-order valence-electron chi connectivity index (χ2n) is 6.62. The second kappa shape index (κ2) is 8.90. The van der Waals surface area contributed by atoms with Crippen molar-refractivity contribution in [1.82, 2.24) is 5.32 Å². The van der Waals surface area contributed by atoms with Crippen LogP contribution in [0.4, 0.5) is 5.69 Å².